The first-order valence-corrected chi connectivity index (χ1v) is 6.11. The van der Waals surface area contributed by atoms with Crippen molar-refractivity contribution < 1.29 is 19.4 Å². The maximum Gasteiger partial charge on any atom is 0.317 e. The lowest BCUT2D eigenvalue weighted by Crippen LogP contribution is -2.09. The average Bonchev–Trinajstić information content (AvgIpc) is 2.17. The lowest BCUT2D eigenvalue weighted by molar-refractivity contribution is -0.140. The zero-order valence-electron chi connectivity index (χ0n) is 8.13. The highest BCUT2D eigenvalue weighted by atomic mass is 79.9. The lowest BCUT2D eigenvalue weighted by Gasteiger charge is -1.94. The molecule has 0 saturated heterocycles. The largest absolute Gasteiger partial charge is 0.480 e. The van der Waals surface area contributed by atoms with Gasteiger partial charge in [0.1, 0.15) is 10.2 Å². The van der Waals surface area contributed by atoms with E-state index in [4.69, 9.17) is 5.11 Å². The van der Waals surface area contributed by atoms with Crippen LogP contribution < -0.4 is 0 Å². The molecule has 0 aromatic heterocycles. The Morgan fingerprint density at radius 2 is 1.93 bits per heavy atom. The first-order chi connectivity index (χ1) is 6.49. The summed E-state index contributed by atoms with van der Waals surface area (Å²) in [6.07, 6.45) is 0.634. The van der Waals surface area contributed by atoms with Gasteiger partial charge < -0.3 is 9.84 Å². The number of alkyl halides is 2. The van der Waals surface area contributed by atoms with Gasteiger partial charge in [0.05, 0.1) is 6.61 Å². The summed E-state index contributed by atoms with van der Waals surface area (Å²) >= 11 is 5.88. The molecule has 0 rings (SSSR count). The second kappa shape index (κ2) is 11.0. The molecule has 0 aromatic carbocycles. The summed E-state index contributed by atoms with van der Waals surface area (Å²) in [5, 5.41) is 8.43. The van der Waals surface area contributed by atoms with Crippen LogP contribution in [0.4, 0.5) is 0 Å². The monoisotopic (exact) mass is 332 g/mol. The van der Waals surface area contributed by atoms with Crippen LogP contribution in [-0.2, 0) is 14.3 Å². The summed E-state index contributed by atoms with van der Waals surface area (Å²) in [6.45, 7) is 4.05. The number of aliphatic carboxylic acids is 1. The summed E-state index contributed by atoms with van der Waals surface area (Å²) in [6, 6.07) is 0. The number of carboxylic acid groups (broad SMARTS) is 1. The van der Waals surface area contributed by atoms with Crippen molar-refractivity contribution in [2.24, 2.45) is 0 Å². The molecule has 0 aliphatic carbocycles. The standard InChI is InChI=1S/2C4H7BrO2/c1-2-7-4(6)3-5;1-2-3(5)4(6)7/h2-3H2,1H3;3H,2H2,1H3,(H,6,7). The fourth-order valence-electron chi connectivity index (χ4n) is 0.374. The van der Waals surface area contributed by atoms with E-state index >= 15 is 0 Å². The number of esters is 1. The van der Waals surface area contributed by atoms with E-state index in [1.807, 2.05) is 6.92 Å². The van der Waals surface area contributed by atoms with E-state index in [1.165, 1.54) is 0 Å². The van der Waals surface area contributed by atoms with Crippen molar-refractivity contribution in [3.8, 4) is 0 Å². The zero-order chi connectivity index (χ0) is 11.6. The van der Waals surface area contributed by atoms with Gasteiger partial charge in [0, 0.05) is 0 Å². The van der Waals surface area contributed by atoms with Crippen molar-refractivity contribution in [2.75, 3.05) is 11.9 Å². The van der Waals surface area contributed by atoms with Crippen LogP contribution >= 0.6 is 31.9 Å². The van der Waals surface area contributed by atoms with Gasteiger partial charge >= 0.3 is 11.9 Å². The Bertz CT molecular complexity index is 171. The topological polar surface area (TPSA) is 63.6 Å². The fourth-order valence-corrected chi connectivity index (χ4v) is 0.536. The predicted octanol–water partition coefficient (Wildman–Crippen LogP) is 2.19. The molecule has 1 atom stereocenters. The van der Waals surface area contributed by atoms with E-state index in [-0.39, 0.29) is 10.8 Å². The van der Waals surface area contributed by atoms with E-state index in [9.17, 15) is 9.59 Å². The maximum atomic E-state index is 10.1. The number of carbonyl (C=O) groups is 2. The molecule has 0 radical (unpaired) electrons. The van der Waals surface area contributed by atoms with Crippen LogP contribution in [-0.4, -0.2) is 33.8 Å². The fraction of sp³-hybridized carbons (Fsp3) is 0.750. The van der Waals surface area contributed by atoms with Gasteiger partial charge in [-0.05, 0) is 13.3 Å². The molecule has 4 nitrogen and oxygen atoms in total. The summed E-state index contributed by atoms with van der Waals surface area (Å²) in [5.74, 6) is -0.995. The van der Waals surface area contributed by atoms with E-state index < -0.39 is 5.97 Å². The van der Waals surface area contributed by atoms with Crippen LogP contribution in [0, 0.1) is 0 Å². The molecule has 1 N–H and O–H groups in total. The van der Waals surface area contributed by atoms with Crippen LogP contribution in [0.25, 0.3) is 0 Å². The van der Waals surface area contributed by atoms with Gasteiger partial charge in [0.15, 0.2) is 0 Å². The molecule has 0 saturated carbocycles. The van der Waals surface area contributed by atoms with Crippen molar-refractivity contribution in [3.63, 3.8) is 0 Å². The molecule has 0 heterocycles. The molecule has 84 valence electrons. The number of carboxylic acids is 1. The smallest absolute Gasteiger partial charge is 0.317 e. The molecule has 0 spiro atoms. The third kappa shape index (κ3) is 11.9. The van der Waals surface area contributed by atoms with Gasteiger partial charge in [0.2, 0.25) is 0 Å². The zero-order valence-corrected chi connectivity index (χ0v) is 11.3. The third-order valence-electron chi connectivity index (χ3n) is 1.04. The Morgan fingerprint density at radius 1 is 1.43 bits per heavy atom. The van der Waals surface area contributed by atoms with Crippen molar-refractivity contribution in [1.29, 1.82) is 0 Å². The van der Waals surface area contributed by atoms with Gasteiger partial charge in [-0.15, -0.1) is 0 Å². The molecular formula is C8H14Br2O4. The van der Waals surface area contributed by atoms with Crippen LogP contribution in [0.1, 0.15) is 20.3 Å². The van der Waals surface area contributed by atoms with Crippen molar-refractivity contribution >= 4 is 43.8 Å². The quantitative estimate of drug-likeness (QED) is 0.632. The molecule has 0 aliphatic heterocycles. The number of rotatable bonds is 4. The number of carbonyl (C=O) groups excluding carboxylic acids is 1. The van der Waals surface area contributed by atoms with Crippen molar-refractivity contribution in [1.82, 2.24) is 0 Å². The molecule has 14 heavy (non-hydrogen) atoms. The van der Waals surface area contributed by atoms with Gasteiger partial charge in [-0.2, -0.15) is 0 Å². The molecule has 0 amide bonds. The molecule has 1 unspecified atom stereocenters. The normalized spacial score (nSPS) is 10.9. The summed E-state index contributed by atoms with van der Waals surface area (Å²) in [4.78, 5) is 19.7. The lowest BCUT2D eigenvalue weighted by atomic mass is 10.3. The second-order valence-electron chi connectivity index (χ2n) is 2.15. The Labute approximate surface area is 100 Å². The van der Waals surface area contributed by atoms with Gasteiger partial charge in [-0.1, -0.05) is 38.8 Å². The van der Waals surface area contributed by atoms with Crippen LogP contribution in [0.5, 0.6) is 0 Å². The van der Waals surface area contributed by atoms with Gasteiger partial charge in [0.25, 0.3) is 0 Å². The van der Waals surface area contributed by atoms with E-state index in [2.05, 4.69) is 36.6 Å². The van der Waals surface area contributed by atoms with Crippen molar-refractivity contribution in [3.05, 3.63) is 0 Å². The minimum absolute atomic E-state index is 0.206. The van der Waals surface area contributed by atoms with E-state index in [1.54, 1.807) is 6.92 Å². The third-order valence-corrected chi connectivity index (χ3v) is 2.54. The molecule has 0 bridgehead atoms. The molecule has 0 aromatic rings. The Balaban J connectivity index is 0. The predicted molar refractivity (Wildman–Crippen MR) is 61.1 cm³/mol. The first-order valence-electron chi connectivity index (χ1n) is 4.07. The number of halogens is 2. The molecule has 6 heteroatoms. The Kier molecular flexibility index (Phi) is 12.8. The molecule has 0 fully saturated rings. The van der Waals surface area contributed by atoms with Gasteiger partial charge in [-0.25, -0.2) is 0 Å². The second-order valence-corrected chi connectivity index (χ2v) is 3.82. The number of hydrogen-bond acceptors (Lipinski definition) is 3. The Hall–Kier alpha value is -0.100. The van der Waals surface area contributed by atoms with E-state index in [0.29, 0.717) is 18.4 Å². The average molecular weight is 334 g/mol. The minimum Gasteiger partial charge on any atom is -0.480 e. The maximum absolute atomic E-state index is 10.1. The molecular weight excluding hydrogens is 320 g/mol. The van der Waals surface area contributed by atoms with Crippen LogP contribution in [0.2, 0.25) is 0 Å². The molecule has 0 aliphatic rings. The Morgan fingerprint density at radius 3 is 2.00 bits per heavy atom. The van der Waals surface area contributed by atoms with Crippen molar-refractivity contribution in [2.45, 2.75) is 25.1 Å². The highest BCUT2D eigenvalue weighted by Gasteiger charge is 2.07. The minimum atomic E-state index is -0.789. The number of hydrogen-bond donors (Lipinski definition) is 1. The SMILES string of the molecule is CCC(Br)C(=O)O.CCOC(=O)CBr. The summed E-state index contributed by atoms with van der Waals surface area (Å²) in [5.41, 5.74) is 0. The summed E-state index contributed by atoms with van der Waals surface area (Å²) < 4.78 is 4.51. The van der Waals surface area contributed by atoms with Crippen LogP contribution in [0.3, 0.4) is 0 Å². The summed E-state index contributed by atoms with van der Waals surface area (Å²) in [7, 11) is 0. The van der Waals surface area contributed by atoms with Gasteiger partial charge in [-0.3, -0.25) is 9.59 Å². The first kappa shape index (κ1) is 16.3. The highest BCUT2D eigenvalue weighted by Crippen LogP contribution is 2.02. The van der Waals surface area contributed by atoms with Crippen LogP contribution in [0.15, 0.2) is 0 Å². The highest BCUT2D eigenvalue weighted by molar-refractivity contribution is 9.10. The number of ether oxygens (including phenoxy) is 1. The van der Waals surface area contributed by atoms with E-state index in [0.717, 1.165) is 0 Å².